The summed E-state index contributed by atoms with van der Waals surface area (Å²) in [6.45, 7) is 7.18. The van der Waals surface area contributed by atoms with Crippen LogP contribution in [0.5, 0.6) is 0 Å². The average Bonchev–Trinajstić information content (AvgIpc) is 2.66. The first kappa shape index (κ1) is 13.5. The summed E-state index contributed by atoms with van der Waals surface area (Å²) in [5.41, 5.74) is -0.707. The predicted octanol–water partition coefficient (Wildman–Crippen LogP) is 1.49. The van der Waals surface area contributed by atoms with Crippen molar-refractivity contribution in [1.29, 1.82) is 0 Å². The van der Waals surface area contributed by atoms with Crippen LogP contribution < -0.4 is 5.32 Å². The highest BCUT2D eigenvalue weighted by atomic mass is 16.5. The van der Waals surface area contributed by atoms with Gasteiger partial charge >= 0.3 is 5.97 Å². The molecule has 1 atom stereocenters. The van der Waals surface area contributed by atoms with Gasteiger partial charge in [0.1, 0.15) is 5.54 Å². The van der Waals surface area contributed by atoms with E-state index in [-0.39, 0.29) is 11.6 Å². The van der Waals surface area contributed by atoms with Crippen LogP contribution in [-0.2, 0) is 14.3 Å². The molecule has 0 aromatic carbocycles. The quantitative estimate of drug-likeness (QED) is 0.726. The van der Waals surface area contributed by atoms with Crippen molar-refractivity contribution in [2.75, 3.05) is 20.3 Å². The maximum Gasteiger partial charge on any atom is 0.326 e. The summed E-state index contributed by atoms with van der Waals surface area (Å²) in [4.78, 5) is 11.8. The van der Waals surface area contributed by atoms with E-state index in [1.54, 1.807) is 7.11 Å². The summed E-state index contributed by atoms with van der Waals surface area (Å²) in [5, 5.41) is 3.19. The summed E-state index contributed by atoms with van der Waals surface area (Å²) in [6.07, 6.45) is 2.61. The lowest BCUT2D eigenvalue weighted by atomic mass is 10.0. The Labute approximate surface area is 97.7 Å². The molecule has 0 bridgehead atoms. The number of esters is 1. The molecule has 1 rings (SSSR count). The topological polar surface area (TPSA) is 47.6 Å². The molecule has 0 aromatic heterocycles. The first-order valence-electron chi connectivity index (χ1n) is 5.87. The first-order chi connectivity index (χ1) is 7.40. The fraction of sp³-hybridized carbons (Fsp3) is 0.917. The van der Waals surface area contributed by atoms with E-state index < -0.39 is 5.54 Å². The molecule has 1 unspecified atom stereocenters. The third-order valence-corrected chi connectivity index (χ3v) is 3.31. The van der Waals surface area contributed by atoms with Crippen molar-refractivity contribution >= 4 is 5.97 Å². The van der Waals surface area contributed by atoms with E-state index >= 15 is 0 Å². The maximum absolute atomic E-state index is 11.8. The molecule has 0 amide bonds. The number of nitrogens with one attached hydrogen (secondary N) is 1. The molecule has 1 aliphatic rings. The fourth-order valence-corrected chi connectivity index (χ4v) is 1.72. The molecular formula is C12H23NO3. The molecule has 1 N–H and O–H groups in total. The minimum atomic E-state index is -0.475. The van der Waals surface area contributed by atoms with Crippen LogP contribution in [0.15, 0.2) is 0 Å². The van der Waals surface area contributed by atoms with Gasteiger partial charge in [-0.1, -0.05) is 0 Å². The van der Waals surface area contributed by atoms with Gasteiger partial charge in [0.15, 0.2) is 0 Å². The normalized spacial score (nSPS) is 25.8. The highest BCUT2D eigenvalue weighted by Crippen LogP contribution is 2.20. The van der Waals surface area contributed by atoms with Gasteiger partial charge in [0.05, 0.1) is 12.2 Å². The second-order valence-electron chi connectivity index (χ2n) is 5.21. The summed E-state index contributed by atoms with van der Waals surface area (Å²) in [5.74, 6) is -0.142. The van der Waals surface area contributed by atoms with Gasteiger partial charge in [-0.15, -0.1) is 0 Å². The summed E-state index contributed by atoms with van der Waals surface area (Å²) < 4.78 is 10.5. The third kappa shape index (κ3) is 3.46. The van der Waals surface area contributed by atoms with Gasteiger partial charge in [-0.2, -0.15) is 0 Å². The van der Waals surface area contributed by atoms with Crippen LogP contribution in [0.1, 0.15) is 40.0 Å². The monoisotopic (exact) mass is 229 g/mol. The third-order valence-electron chi connectivity index (χ3n) is 3.31. The minimum Gasteiger partial charge on any atom is -0.464 e. The molecule has 94 valence electrons. The van der Waals surface area contributed by atoms with E-state index in [1.807, 2.05) is 20.8 Å². The van der Waals surface area contributed by atoms with Gasteiger partial charge in [0.25, 0.3) is 0 Å². The molecule has 0 aromatic rings. The highest BCUT2D eigenvalue weighted by Gasteiger charge is 2.37. The van der Waals surface area contributed by atoms with Gasteiger partial charge in [0, 0.05) is 13.5 Å². The zero-order valence-corrected chi connectivity index (χ0v) is 10.8. The summed E-state index contributed by atoms with van der Waals surface area (Å²) in [6, 6.07) is 0. The van der Waals surface area contributed by atoms with Gasteiger partial charge in [-0.05, 0) is 40.2 Å². The second-order valence-corrected chi connectivity index (χ2v) is 5.21. The van der Waals surface area contributed by atoms with Crippen molar-refractivity contribution in [3.63, 3.8) is 0 Å². The Hall–Kier alpha value is -0.610. The SMILES string of the molecule is COC(C)(C)CCOC(=O)C1(C)CCCN1. The molecule has 4 nitrogen and oxygen atoms in total. The molecule has 0 aliphatic carbocycles. The molecule has 0 saturated carbocycles. The minimum absolute atomic E-state index is 0.142. The lowest BCUT2D eigenvalue weighted by Gasteiger charge is -2.25. The number of ether oxygens (including phenoxy) is 2. The van der Waals surface area contributed by atoms with Crippen LogP contribution in [0.2, 0.25) is 0 Å². The number of rotatable bonds is 5. The van der Waals surface area contributed by atoms with Crippen molar-refractivity contribution < 1.29 is 14.3 Å². The molecule has 4 heteroatoms. The molecule has 16 heavy (non-hydrogen) atoms. The summed E-state index contributed by atoms with van der Waals surface area (Å²) in [7, 11) is 1.67. The Kier molecular flexibility index (Phi) is 4.33. The molecule has 1 heterocycles. The van der Waals surface area contributed by atoms with Crippen LogP contribution in [-0.4, -0.2) is 37.4 Å². The van der Waals surface area contributed by atoms with Crippen LogP contribution in [0.3, 0.4) is 0 Å². The molecule has 1 aliphatic heterocycles. The van der Waals surface area contributed by atoms with E-state index in [1.165, 1.54) is 0 Å². The Morgan fingerprint density at radius 2 is 2.19 bits per heavy atom. The Morgan fingerprint density at radius 3 is 2.69 bits per heavy atom. The van der Waals surface area contributed by atoms with Crippen LogP contribution in [0, 0.1) is 0 Å². The number of hydrogen-bond donors (Lipinski definition) is 1. The van der Waals surface area contributed by atoms with Gasteiger partial charge in [-0.3, -0.25) is 4.79 Å². The number of methoxy groups -OCH3 is 1. The van der Waals surface area contributed by atoms with Crippen LogP contribution in [0.4, 0.5) is 0 Å². The van der Waals surface area contributed by atoms with Crippen molar-refractivity contribution in [2.45, 2.75) is 51.2 Å². The number of carbonyl (C=O) groups excluding carboxylic acids is 1. The maximum atomic E-state index is 11.8. The van der Waals surface area contributed by atoms with E-state index in [9.17, 15) is 4.79 Å². The van der Waals surface area contributed by atoms with E-state index in [0.29, 0.717) is 13.0 Å². The molecule has 0 spiro atoms. The van der Waals surface area contributed by atoms with E-state index in [4.69, 9.17) is 9.47 Å². The predicted molar refractivity (Wildman–Crippen MR) is 62.3 cm³/mol. The number of carbonyl (C=O) groups is 1. The van der Waals surface area contributed by atoms with Crippen LogP contribution in [0.25, 0.3) is 0 Å². The van der Waals surface area contributed by atoms with E-state index in [0.717, 1.165) is 19.4 Å². The molecular weight excluding hydrogens is 206 g/mol. The zero-order valence-electron chi connectivity index (χ0n) is 10.8. The van der Waals surface area contributed by atoms with Crippen LogP contribution >= 0.6 is 0 Å². The van der Waals surface area contributed by atoms with Gasteiger partial charge < -0.3 is 14.8 Å². The highest BCUT2D eigenvalue weighted by molar-refractivity contribution is 5.80. The van der Waals surface area contributed by atoms with Crippen molar-refractivity contribution in [3.8, 4) is 0 Å². The average molecular weight is 229 g/mol. The van der Waals surface area contributed by atoms with E-state index in [2.05, 4.69) is 5.32 Å². The van der Waals surface area contributed by atoms with Crippen molar-refractivity contribution in [2.24, 2.45) is 0 Å². The Balaban J connectivity index is 2.30. The Bertz CT molecular complexity index is 245. The van der Waals surface area contributed by atoms with Gasteiger partial charge in [-0.25, -0.2) is 0 Å². The molecule has 1 fully saturated rings. The van der Waals surface area contributed by atoms with Crippen molar-refractivity contribution in [3.05, 3.63) is 0 Å². The number of hydrogen-bond acceptors (Lipinski definition) is 4. The lowest BCUT2D eigenvalue weighted by molar-refractivity contribution is -0.151. The molecule has 0 radical (unpaired) electrons. The summed E-state index contributed by atoms with van der Waals surface area (Å²) >= 11 is 0. The van der Waals surface area contributed by atoms with Crippen molar-refractivity contribution in [1.82, 2.24) is 5.32 Å². The lowest BCUT2D eigenvalue weighted by Crippen LogP contribution is -2.46. The standard InChI is InChI=1S/C12H23NO3/c1-11(2,15-4)7-9-16-10(14)12(3)6-5-8-13-12/h13H,5-9H2,1-4H3. The fourth-order valence-electron chi connectivity index (χ4n) is 1.72. The largest absolute Gasteiger partial charge is 0.464 e. The smallest absolute Gasteiger partial charge is 0.326 e. The van der Waals surface area contributed by atoms with Gasteiger partial charge in [0.2, 0.25) is 0 Å². The first-order valence-corrected chi connectivity index (χ1v) is 5.87. The molecule has 1 saturated heterocycles. The Morgan fingerprint density at radius 1 is 1.50 bits per heavy atom. The zero-order chi connectivity index (χ0) is 12.2. The second kappa shape index (κ2) is 5.15.